The first-order valence-electron chi connectivity index (χ1n) is 3.89. The quantitative estimate of drug-likeness (QED) is 0.626. The number of hydrogen-bond acceptors (Lipinski definition) is 4. The van der Waals surface area contributed by atoms with Crippen LogP contribution in [0.4, 0.5) is 0 Å². The molecule has 1 aliphatic rings. The molecule has 0 unspecified atom stereocenters. The number of aliphatic hydroxyl groups excluding tert-OH is 1. The number of aliphatic hydroxyl groups is 1. The van der Waals surface area contributed by atoms with Crippen LogP contribution in [-0.4, -0.2) is 35.8 Å². The summed E-state index contributed by atoms with van der Waals surface area (Å²) in [5, 5.41) is 10.1. The molecule has 0 atom stereocenters. The van der Waals surface area contributed by atoms with Gasteiger partial charge < -0.3 is 9.94 Å². The molecule has 1 fully saturated rings. The summed E-state index contributed by atoms with van der Waals surface area (Å²) < 4.78 is 0. The van der Waals surface area contributed by atoms with Crippen molar-refractivity contribution < 1.29 is 14.7 Å². The number of carbonyl (C=O) groups excluding carboxylic acids is 1. The largest absolute Gasteiger partial charge is 0.396 e. The third-order valence-electron chi connectivity index (χ3n) is 1.58. The maximum atomic E-state index is 10.7. The zero-order valence-corrected chi connectivity index (χ0v) is 6.45. The molecule has 1 heterocycles. The highest BCUT2D eigenvalue weighted by Gasteiger charge is 2.16. The molecule has 0 aromatic carbocycles. The van der Waals surface area contributed by atoms with Gasteiger partial charge in [0.15, 0.2) is 0 Å². The van der Waals surface area contributed by atoms with E-state index in [1.54, 1.807) is 5.06 Å². The average Bonchev–Trinajstić information content (AvgIpc) is 2.01. The monoisotopic (exact) mass is 159 g/mol. The second-order valence-electron chi connectivity index (χ2n) is 2.57. The summed E-state index contributed by atoms with van der Waals surface area (Å²) in [5.41, 5.74) is 0. The van der Waals surface area contributed by atoms with Gasteiger partial charge in [-0.25, -0.2) is 0 Å². The molecule has 0 aromatic heterocycles. The van der Waals surface area contributed by atoms with Gasteiger partial charge in [0.1, 0.15) is 0 Å². The van der Waals surface area contributed by atoms with Crippen molar-refractivity contribution in [2.45, 2.75) is 19.3 Å². The van der Waals surface area contributed by atoms with Crippen molar-refractivity contribution in [1.29, 1.82) is 0 Å². The van der Waals surface area contributed by atoms with E-state index in [4.69, 9.17) is 9.94 Å². The van der Waals surface area contributed by atoms with E-state index >= 15 is 0 Å². The van der Waals surface area contributed by atoms with E-state index in [1.165, 1.54) is 0 Å². The Hall–Kier alpha value is -0.610. The standard InChI is InChI=1S/C7H13NO3/c9-6-2-5-8-4-1-3-7(10)11-8/h9H,1-6H2. The van der Waals surface area contributed by atoms with Crippen LogP contribution in [0, 0.1) is 0 Å². The van der Waals surface area contributed by atoms with Crippen LogP contribution in [0.3, 0.4) is 0 Å². The zero-order chi connectivity index (χ0) is 8.10. The van der Waals surface area contributed by atoms with E-state index in [1.807, 2.05) is 0 Å². The van der Waals surface area contributed by atoms with Gasteiger partial charge in [0.2, 0.25) is 0 Å². The molecule has 1 N–H and O–H groups in total. The van der Waals surface area contributed by atoms with Gasteiger partial charge in [0.25, 0.3) is 0 Å². The normalized spacial score (nSPS) is 19.9. The van der Waals surface area contributed by atoms with Gasteiger partial charge in [-0.15, -0.1) is 5.06 Å². The molecule has 0 aromatic rings. The van der Waals surface area contributed by atoms with E-state index in [2.05, 4.69) is 0 Å². The van der Waals surface area contributed by atoms with Gasteiger partial charge in [-0.1, -0.05) is 0 Å². The number of rotatable bonds is 3. The van der Waals surface area contributed by atoms with Crippen LogP contribution in [0.2, 0.25) is 0 Å². The molecular weight excluding hydrogens is 146 g/mol. The number of hydroxylamine groups is 2. The Morgan fingerprint density at radius 1 is 1.64 bits per heavy atom. The molecular formula is C7H13NO3. The molecule has 0 aliphatic carbocycles. The molecule has 0 spiro atoms. The summed E-state index contributed by atoms with van der Waals surface area (Å²) in [5.74, 6) is -0.158. The highest BCUT2D eigenvalue weighted by Crippen LogP contribution is 2.07. The van der Waals surface area contributed by atoms with Crippen molar-refractivity contribution >= 4 is 5.97 Å². The summed E-state index contributed by atoms with van der Waals surface area (Å²) in [6, 6.07) is 0. The van der Waals surface area contributed by atoms with Crippen LogP contribution >= 0.6 is 0 Å². The third-order valence-corrected chi connectivity index (χ3v) is 1.58. The summed E-state index contributed by atoms with van der Waals surface area (Å²) in [6.07, 6.45) is 2.05. The molecule has 0 amide bonds. The minimum absolute atomic E-state index is 0.147. The maximum Gasteiger partial charge on any atom is 0.325 e. The molecule has 64 valence electrons. The maximum absolute atomic E-state index is 10.7. The second kappa shape index (κ2) is 4.31. The van der Waals surface area contributed by atoms with Gasteiger partial charge in [0.05, 0.1) is 0 Å². The first-order chi connectivity index (χ1) is 5.33. The Morgan fingerprint density at radius 2 is 2.45 bits per heavy atom. The lowest BCUT2D eigenvalue weighted by Crippen LogP contribution is -2.34. The van der Waals surface area contributed by atoms with Gasteiger partial charge in [-0.3, -0.25) is 4.79 Å². The molecule has 0 saturated carbocycles. The van der Waals surface area contributed by atoms with Crippen molar-refractivity contribution in [1.82, 2.24) is 5.06 Å². The van der Waals surface area contributed by atoms with Crippen molar-refractivity contribution in [3.05, 3.63) is 0 Å². The smallest absolute Gasteiger partial charge is 0.325 e. The van der Waals surface area contributed by atoms with E-state index in [0.29, 0.717) is 19.4 Å². The summed E-state index contributed by atoms with van der Waals surface area (Å²) in [7, 11) is 0. The number of hydrogen-bond donors (Lipinski definition) is 1. The summed E-state index contributed by atoms with van der Waals surface area (Å²) >= 11 is 0. The molecule has 11 heavy (non-hydrogen) atoms. The van der Waals surface area contributed by atoms with Gasteiger partial charge in [-0.2, -0.15) is 0 Å². The number of carbonyl (C=O) groups is 1. The van der Waals surface area contributed by atoms with Crippen molar-refractivity contribution in [3.8, 4) is 0 Å². The first-order valence-corrected chi connectivity index (χ1v) is 3.89. The van der Waals surface area contributed by atoms with Crippen molar-refractivity contribution in [2.75, 3.05) is 19.7 Å². The van der Waals surface area contributed by atoms with Crippen LogP contribution < -0.4 is 0 Å². The first kappa shape index (κ1) is 8.49. The molecule has 4 nitrogen and oxygen atoms in total. The molecule has 1 saturated heterocycles. The highest BCUT2D eigenvalue weighted by molar-refractivity contribution is 5.69. The van der Waals surface area contributed by atoms with E-state index < -0.39 is 0 Å². The molecule has 1 rings (SSSR count). The topological polar surface area (TPSA) is 49.8 Å². The Balaban J connectivity index is 2.17. The fraction of sp³-hybridized carbons (Fsp3) is 0.857. The van der Waals surface area contributed by atoms with Gasteiger partial charge in [-0.05, 0) is 12.8 Å². The minimum Gasteiger partial charge on any atom is -0.396 e. The third kappa shape index (κ3) is 2.86. The summed E-state index contributed by atoms with van der Waals surface area (Å²) in [6.45, 7) is 1.59. The average molecular weight is 159 g/mol. The molecule has 0 bridgehead atoms. The van der Waals surface area contributed by atoms with Crippen molar-refractivity contribution in [3.63, 3.8) is 0 Å². The van der Waals surface area contributed by atoms with Gasteiger partial charge >= 0.3 is 5.97 Å². The van der Waals surface area contributed by atoms with Crippen LogP contribution in [0.25, 0.3) is 0 Å². The Morgan fingerprint density at radius 3 is 3.09 bits per heavy atom. The van der Waals surface area contributed by atoms with E-state index in [-0.39, 0.29) is 12.6 Å². The predicted octanol–water partition coefficient (Wildman–Crippen LogP) is -0.0772. The van der Waals surface area contributed by atoms with E-state index in [9.17, 15) is 4.79 Å². The SMILES string of the molecule is O=C1CCCN(CCCO)O1. The summed E-state index contributed by atoms with van der Waals surface area (Å²) in [4.78, 5) is 15.6. The van der Waals surface area contributed by atoms with Crippen LogP contribution in [0.15, 0.2) is 0 Å². The number of nitrogens with zero attached hydrogens (tertiary/aromatic N) is 1. The lowest BCUT2D eigenvalue weighted by atomic mass is 10.3. The lowest BCUT2D eigenvalue weighted by Gasteiger charge is -2.24. The van der Waals surface area contributed by atoms with Crippen LogP contribution in [0.5, 0.6) is 0 Å². The minimum atomic E-state index is -0.158. The van der Waals surface area contributed by atoms with Crippen LogP contribution in [-0.2, 0) is 9.63 Å². The predicted molar refractivity (Wildman–Crippen MR) is 38.6 cm³/mol. The van der Waals surface area contributed by atoms with E-state index in [0.717, 1.165) is 13.0 Å². The lowest BCUT2D eigenvalue weighted by molar-refractivity contribution is -0.201. The molecule has 0 radical (unpaired) electrons. The Bertz CT molecular complexity index is 138. The zero-order valence-electron chi connectivity index (χ0n) is 6.45. The highest BCUT2D eigenvalue weighted by atomic mass is 16.7. The Kier molecular flexibility index (Phi) is 3.32. The molecule has 1 aliphatic heterocycles. The van der Waals surface area contributed by atoms with Crippen LogP contribution in [0.1, 0.15) is 19.3 Å². The fourth-order valence-electron chi connectivity index (χ4n) is 1.04. The fourth-order valence-corrected chi connectivity index (χ4v) is 1.04. The Labute approximate surface area is 65.7 Å². The van der Waals surface area contributed by atoms with Crippen molar-refractivity contribution in [2.24, 2.45) is 0 Å². The second-order valence-corrected chi connectivity index (χ2v) is 2.57. The molecule has 4 heteroatoms. The van der Waals surface area contributed by atoms with Gasteiger partial charge in [0, 0.05) is 26.1 Å².